The zero-order chi connectivity index (χ0) is 28.7. The third-order valence-corrected chi connectivity index (χ3v) is 8.19. The lowest BCUT2D eigenvalue weighted by Crippen LogP contribution is -2.05. The molecule has 7 nitrogen and oxygen atoms in total. The highest BCUT2D eigenvalue weighted by Gasteiger charge is 2.22. The number of hydrogen-bond donors (Lipinski definition) is 1. The molecule has 0 saturated heterocycles. The molecule has 0 radical (unpaired) electrons. The van der Waals surface area contributed by atoms with Gasteiger partial charge in [-0.15, -0.1) is 0 Å². The summed E-state index contributed by atoms with van der Waals surface area (Å²) in [6, 6.07) is 19.2. The predicted octanol–water partition coefficient (Wildman–Crippen LogP) is 7.92. The van der Waals surface area contributed by atoms with Crippen LogP contribution in [0.1, 0.15) is 29.8 Å². The Morgan fingerprint density at radius 2 is 1.70 bits per heavy atom. The van der Waals surface area contributed by atoms with E-state index in [9.17, 15) is 18.9 Å². The normalized spacial score (nSPS) is 11.8. The molecule has 0 aliphatic rings. The molecule has 0 spiro atoms. The highest BCUT2D eigenvalue weighted by atomic mass is 31.2. The Morgan fingerprint density at radius 1 is 0.975 bits per heavy atom. The number of allylic oxidation sites excluding steroid dienone is 1. The average molecular weight is 564 g/mol. The Bertz CT molecular complexity index is 1580. The zero-order valence-electron chi connectivity index (χ0n) is 22.6. The highest BCUT2D eigenvalue weighted by Crippen LogP contribution is 2.47. The largest absolute Gasteiger partial charge is 0.489 e. The maximum atomic E-state index is 13.9. The summed E-state index contributed by atoms with van der Waals surface area (Å²) in [6.45, 7) is 5.96. The third kappa shape index (κ3) is 6.65. The van der Waals surface area contributed by atoms with Gasteiger partial charge in [0.15, 0.2) is 0 Å². The minimum absolute atomic E-state index is 0.00469. The monoisotopic (exact) mass is 563 g/mol. The van der Waals surface area contributed by atoms with Gasteiger partial charge in [-0.05, 0) is 62.2 Å². The van der Waals surface area contributed by atoms with Gasteiger partial charge < -0.3 is 18.9 Å². The fourth-order valence-electron chi connectivity index (χ4n) is 4.48. The number of aromatic carboxylic acids is 1. The van der Waals surface area contributed by atoms with E-state index < -0.39 is 19.4 Å². The fraction of sp³-hybridized carbons (Fsp3) is 0.226. The first-order valence-corrected chi connectivity index (χ1v) is 14.7. The summed E-state index contributed by atoms with van der Waals surface area (Å²) in [5, 5.41) is 10.2. The molecule has 1 heterocycles. The molecule has 40 heavy (non-hydrogen) atoms. The van der Waals surface area contributed by atoms with Crippen molar-refractivity contribution in [2.75, 3.05) is 26.0 Å². The van der Waals surface area contributed by atoms with Gasteiger partial charge in [-0.3, -0.25) is 4.57 Å². The Balaban J connectivity index is 1.71. The molecule has 0 unspecified atom stereocenters. The number of nitrogens with zero attached hydrogens (tertiary/aromatic N) is 1. The van der Waals surface area contributed by atoms with Crippen molar-refractivity contribution in [2.45, 2.75) is 20.8 Å². The highest BCUT2D eigenvalue weighted by molar-refractivity contribution is 7.54. The summed E-state index contributed by atoms with van der Waals surface area (Å²) < 4.78 is 43.4. The third-order valence-electron chi connectivity index (χ3n) is 6.23. The number of carbonyl (C=O) groups is 1. The molecule has 4 aromatic rings. The van der Waals surface area contributed by atoms with E-state index in [1.165, 1.54) is 18.2 Å². The summed E-state index contributed by atoms with van der Waals surface area (Å²) in [7, 11) is -3.20. The van der Waals surface area contributed by atoms with Crippen LogP contribution in [0.5, 0.6) is 5.75 Å². The van der Waals surface area contributed by atoms with E-state index in [0.29, 0.717) is 28.1 Å². The molecule has 9 heteroatoms. The maximum Gasteiger partial charge on any atom is 0.336 e. The number of carboxylic acids is 1. The molecule has 0 bridgehead atoms. The van der Waals surface area contributed by atoms with Gasteiger partial charge in [-0.1, -0.05) is 48.6 Å². The number of fused-ring (bicyclic) bond motifs is 1. The average Bonchev–Trinajstić information content (AvgIpc) is 2.93. The van der Waals surface area contributed by atoms with Crippen molar-refractivity contribution in [3.63, 3.8) is 0 Å². The molecule has 0 amide bonds. The van der Waals surface area contributed by atoms with Crippen LogP contribution in [0.3, 0.4) is 0 Å². The van der Waals surface area contributed by atoms with Gasteiger partial charge in [0.2, 0.25) is 0 Å². The number of ether oxygens (including phenoxy) is 1. The number of carboxylic acid groups (broad SMARTS) is 1. The summed E-state index contributed by atoms with van der Waals surface area (Å²) in [4.78, 5) is 16.9. The molecule has 0 aliphatic heterocycles. The van der Waals surface area contributed by atoms with E-state index >= 15 is 0 Å². The molecule has 1 N–H and O–H groups in total. The Hall–Kier alpha value is -3.84. The maximum absolute atomic E-state index is 13.9. The molecule has 0 atom stereocenters. The molecular formula is C31H31FNO6P. The van der Waals surface area contributed by atoms with Crippen LogP contribution >= 0.6 is 7.60 Å². The number of rotatable bonds is 12. The molecule has 1 aromatic heterocycles. The zero-order valence-corrected chi connectivity index (χ0v) is 23.5. The number of aromatic nitrogens is 1. The lowest BCUT2D eigenvalue weighted by atomic mass is 9.95. The summed E-state index contributed by atoms with van der Waals surface area (Å²) in [5.74, 6) is -1.13. The Kier molecular flexibility index (Phi) is 9.48. The van der Waals surface area contributed by atoms with Gasteiger partial charge in [-0.25, -0.2) is 14.2 Å². The summed E-state index contributed by atoms with van der Waals surface area (Å²) in [5.41, 5.74) is 3.70. The number of pyridine rings is 1. The predicted molar refractivity (Wildman–Crippen MR) is 155 cm³/mol. The first-order chi connectivity index (χ1) is 19.3. The number of benzene rings is 3. The lowest BCUT2D eigenvalue weighted by molar-refractivity contribution is 0.0698. The minimum atomic E-state index is -3.20. The molecule has 208 valence electrons. The topological polar surface area (TPSA) is 95.0 Å². The van der Waals surface area contributed by atoms with Crippen molar-refractivity contribution in [3.05, 3.63) is 95.8 Å². The van der Waals surface area contributed by atoms with E-state index in [1.54, 1.807) is 32.9 Å². The fourth-order valence-corrected chi connectivity index (χ4v) is 5.96. The first kappa shape index (κ1) is 29.2. The van der Waals surface area contributed by atoms with Crippen molar-refractivity contribution < 1.29 is 32.6 Å². The second-order valence-corrected chi connectivity index (χ2v) is 11.0. The minimum Gasteiger partial charge on any atom is -0.489 e. The van der Waals surface area contributed by atoms with Crippen molar-refractivity contribution >= 4 is 24.5 Å². The van der Waals surface area contributed by atoms with E-state index in [0.717, 1.165) is 11.1 Å². The Morgan fingerprint density at radius 3 is 2.38 bits per heavy atom. The van der Waals surface area contributed by atoms with Crippen LogP contribution in [0.2, 0.25) is 0 Å². The van der Waals surface area contributed by atoms with E-state index in [1.807, 2.05) is 48.5 Å². The van der Waals surface area contributed by atoms with Crippen molar-refractivity contribution in [3.8, 4) is 28.1 Å². The second-order valence-electron chi connectivity index (χ2n) is 8.92. The van der Waals surface area contributed by atoms with Crippen LogP contribution in [0.25, 0.3) is 33.3 Å². The van der Waals surface area contributed by atoms with Gasteiger partial charge >= 0.3 is 13.6 Å². The van der Waals surface area contributed by atoms with Gasteiger partial charge in [0, 0.05) is 16.5 Å². The SMILES string of the molecule is CCOP(=O)(C/C=C/COc1cc(-c2nc3ccc(F)cc3c(C(=O)O)c2C)ccc1-c1ccccc1)OCC. The smallest absolute Gasteiger partial charge is 0.336 e. The summed E-state index contributed by atoms with van der Waals surface area (Å²) >= 11 is 0. The molecule has 0 aliphatic carbocycles. The number of hydrogen-bond acceptors (Lipinski definition) is 6. The summed E-state index contributed by atoms with van der Waals surface area (Å²) in [6.07, 6.45) is 3.59. The van der Waals surface area contributed by atoms with E-state index in [-0.39, 0.29) is 36.9 Å². The molecule has 4 rings (SSSR count). The lowest BCUT2D eigenvalue weighted by Gasteiger charge is -2.16. The van der Waals surface area contributed by atoms with Crippen LogP contribution < -0.4 is 4.74 Å². The van der Waals surface area contributed by atoms with Gasteiger partial charge in [0.25, 0.3) is 0 Å². The van der Waals surface area contributed by atoms with Gasteiger partial charge in [0.05, 0.1) is 36.1 Å². The van der Waals surface area contributed by atoms with Crippen LogP contribution in [0.15, 0.2) is 78.9 Å². The standard InChI is InChI=1S/C31H31FNO6P/c1-4-38-40(36,39-5-2)18-10-9-17-37-28-19-23(13-15-25(28)22-11-7-6-8-12-22)30-21(3)29(31(34)35)26-20-24(32)14-16-27(26)33-30/h6-16,19-20H,4-5,17-18H2,1-3H3,(H,34,35)/b10-9+. The van der Waals surface area contributed by atoms with E-state index in [2.05, 4.69) is 4.98 Å². The van der Waals surface area contributed by atoms with Crippen LogP contribution in [0.4, 0.5) is 4.39 Å². The van der Waals surface area contributed by atoms with Crippen LogP contribution in [-0.4, -0.2) is 42.0 Å². The van der Waals surface area contributed by atoms with Crippen molar-refractivity contribution in [2.24, 2.45) is 0 Å². The van der Waals surface area contributed by atoms with E-state index in [4.69, 9.17) is 13.8 Å². The first-order valence-electron chi connectivity index (χ1n) is 12.9. The second kappa shape index (κ2) is 13.0. The molecule has 0 saturated carbocycles. The van der Waals surface area contributed by atoms with Gasteiger partial charge in [-0.2, -0.15) is 0 Å². The molecule has 3 aromatic carbocycles. The van der Waals surface area contributed by atoms with Crippen molar-refractivity contribution in [1.82, 2.24) is 4.98 Å². The van der Waals surface area contributed by atoms with Crippen LogP contribution in [0, 0.1) is 12.7 Å². The van der Waals surface area contributed by atoms with Crippen molar-refractivity contribution in [1.29, 1.82) is 0 Å². The number of halogens is 1. The molecule has 0 fully saturated rings. The van der Waals surface area contributed by atoms with Crippen LogP contribution in [-0.2, 0) is 13.6 Å². The van der Waals surface area contributed by atoms with Gasteiger partial charge in [0.1, 0.15) is 18.2 Å². The quantitative estimate of drug-likeness (QED) is 0.138. The molecular weight excluding hydrogens is 532 g/mol. The Labute approximate surface area is 232 Å².